The minimum Gasteiger partial charge on any atom is -0.392 e. The van der Waals surface area contributed by atoms with Gasteiger partial charge in [-0.2, -0.15) is 0 Å². The van der Waals surface area contributed by atoms with Crippen LogP contribution in [-0.4, -0.2) is 17.5 Å². The molecule has 3 fully saturated rings. The Balaban J connectivity index is 1.68. The average molecular weight is 312 g/mol. The SMILES string of the molecule is CC12C=CC(=O)C=C1CC[C@H]1C2CC[C@]2(C)/C(=C\CO)CCC12. The van der Waals surface area contributed by atoms with Gasteiger partial charge in [0.1, 0.15) is 0 Å². The van der Waals surface area contributed by atoms with Crippen molar-refractivity contribution in [3.63, 3.8) is 0 Å². The molecule has 0 aliphatic heterocycles. The zero-order chi connectivity index (χ0) is 16.2. The van der Waals surface area contributed by atoms with Crippen molar-refractivity contribution in [2.45, 2.75) is 52.4 Å². The van der Waals surface area contributed by atoms with Gasteiger partial charge in [0.15, 0.2) is 5.78 Å². The van der Waals surface area contributed by atoms with Crippen LogP contribution in [0.2, 0.25) is 0 Å². The van der Waals surface area contributed by atoms with Gasteiger partial charge >= 0.3 is 0 Å². The van der Waals surface area contributed by atoms with E-state index in [1.807, 2.05) is 6.08 Å². The summed E-state index contributed by atoms with van der Waals surface area (Å²) >= 11 is 0. The molecule has 1 N–H and O–H groups in total. The summed E-state index contributed by atoms with van der Waals surface area (Å²) in [4.78, 5) is 11.8. The van der Waals surface area contributed by atoms with E-state index in [9.17, 15) is 9.90 Å². The average Bonchev–Trinajstić information content (AvgIpc) is 2.85. The number of hydrogen-bond acceptors (Lipinski definition) is 2. The molecule has 0 amide bonds. The van der Waals surface area contributed by atoms with Crippen LogP contribution in [0.4, 0.5) is 0 Å². The van der Waals surface area contributed by atoms with Crippen LogP contribution < -0.4 is 0 Å². The van der Waals surface area contributed by atoms with Crippen molar-refractivity contribution in [1.29, 1.82) is 0 Å². The van der Waals surface area contributed by atoms with Crippen LogP contribution in [0.1, 0.15) is 52.4 Å². The van der Waals surface area contributed by atoms with E-state index in [1.165, 1.54) is 43.3 Å². The molecule has 0 radical (unpaired) electrons. The fourth-order valence-corrected chi connectivity index (χ4v) is 6.49. The first kappa shape index (κ1) is 15.4. The van der Waals surface area contributed by atoms with E-state index in [4.69, 9.17) is 0 Å². The number of allylic oxidation sites excluding steroid dienone is 5. The highest BCUT2D eigenvalue weighted by molar-refractivity contribution is 6.01. The molecule has 0 aromatic heterocycles. The molecule has 4 aliphatic carbocycles. The molecule has 2 nitrogen and oxygen atoms in total. The predicted molar refractivity (Wildman–Crippen MR) is 91.8 cm³/mol. The van der Waals surface area contributed by atoms with E-state index in [0.717, 1.165) is 18.3 Å². The first-order chi connectivity index (χ1) is 11.0. The first-order valence-corrected chi connectivity index (χ1v) is 9.23. The Morgan fingerprint density at radius 2 is 2.04 bits per heavy atom. The summed E-state index contributed by atoms with van der Waals surface area (Å²) in [6.45, 7) is 4.98. The van der Waals surface area contributed by atoms with Crippen molar-refractivity contribution < 1.29 is 9.90 Å². The minimum absolute atomic E-state index is 0.0988. The van der Waals surface area contributed by atoms with Gasteiger partial charge in [-0.05, 0) is 73.8 Å². The van der Waals surface area contributed by atoms with Crippen LogP contribution >= 0.6 is 0 Å². The van der Waals surface area contributed by atoms with Crippen molar-refractivity contribution in [1.82, 2.24) is 0 Å². The number of carbonyl (C=O) groups is 1. The van der Waals surface area contributed by atoms with Gasteiger partial charge in [0.2, 0.25) is 0 Å². The lowest BCUT2D eigenvalue weighted by molar-refractivity contribution is -0.111. The van der Waals surface area contributed by atoms with Crippen LogP contribution in [-0.2, 0) is 4.79 Å². The maximum atomic E-state index is 11.8. The largest absolute Gasteiger partial charge is 0.392 e. The number of fused-ring (bicyclic) bond motifs is 5. The Labute approximate surface area is 139 Å². The Morgan fingerprint density at radius 1 is 1.22 bits per heavy atom. The van der Waals surface area contributed by atoms with Gasteiger partial charge in [0.25, 0.3) is 0 Å². The normalized spacial score (nSPS) is 47.1. The fourth-order valence-electron chi connectivity index (χ4n) is 6.49. The van der Waals surface area contributed by atoms with Crippen LogP contribution in [0.15, 0.2) is 35.5 Å². The second kappa shape index (κ2) is 5.17. The van der Waals surface area contributed by atoms with E-state index in [0.29, 0.717) is 11.3 Å². The number of ketones is 1. The third-order valence-electron chi connectivity index (χ3n) is 7.74. The maximum absolute atomic E-state index is 11.8. The minimum atomic E-state index is 0.0988. The van der Waals surface area contributed by atoms with Gasteiger partial charge in [-0.25, -0.2) is 0 Å². The van der Waals surface area contributed by atoms with Crippen molar-refractivity contribution in [2.24, 2.45) is 28.6 Å². The lowest BCUT2D eigenvalue weighted by Crippen LogP contribution is -2.48. The zero-order valence-corrected chi connectivity index (χ0v) is 14.3. The van der Waals surface area contributed by atoms with E-state index in [1.54, 1.807) is 6.08 Å². The van der Waals surface area contributed by atoms with Crippen LogP contribution in [0, 0.1) is 28.6 Å². The van der Waals surface area contributed by atoms with Gasteiger partial charge in [-0.1, -0.05) is 37.1 Å². The van der Waals surface area contributed by atoms with Gasteiger partial charge < -0.3 is 5.11 Å². The third-order valence-corrected chi connectivity index (χ3v) is 7.74. The Hall–Kier alpha value is -1.15. The molecule has 3 unspecified atom stereocenters. The third kappa shape index (κ3) is 2.07. The molecule has 23 heavy (non-hydrogen) atoms. The smallest absolute Gasteiger partial charge is 0.178 e. The molecule has 4 rings (SSSR count). The lowest BCUT2D eigenvalue weighted by atomic mass is 9.48. The number of aliphatic hydroxyl groups is 1. The van der Waals surface area contributed by atoms with Crippen molar-refractivity contribution >= 4 is 5.78 Å². The monoisotopic (exact) mass is 312 g/mol. The summed E-state index contributed by atoms with van der Waals surface area (Å²) in [7, 11) is 0. The van der Waals surface area contributed by atoms with Crippen LogP contribution in [0.3, 0.4) is 0 Å². The number of carbonyl (C=O) groups excluding carboxylic acids is 1. The maximum Gasteiger partial charge on any atom is 0.178 e. The van der Waals surface area contributed by atoms with E-state index in [2.05, 4.69) is 26.0 Å². The van der Waals surface area contributed by atoms with E-state index < -0.39 is 0 Å². The second-order valence-electron chi connectivity index (χ2n) is 8.51. The number of rotatable bonds is 1. The highest BCUT2D eigenvalue weighted by Crippen LogP contribution is 2.65. The highest BCUT2D eigenvalue weighted by Gasteiger charge is 2.56. The Kier molecular flexibility index (Phi) is 3.46. The second-order valence-corrected chi connectivity index (χ2v) is 8.51. The molecular formula is C21H28O2. The Morgan fingerprint density at radius 3 is 2.83 bits per heavy atom. The summed E-state index contributed by atoms with van der Waals surface area (Å²) in [5.74, 6) is 2.37. The molecule has 5 atom stereocenters. The molecule has 0 bridgehead atoms. The standard InChI is InChI=1S/C21H28O2/c1-20-11-8-19-17(18(20)6-4-14(20)9-12-22)5-3-15-13-16(23)7-10-21(15,19)2/h7,9-10,13,17-19,22H,3-6,8,11-12H2,1-2H3/b14-9-/t17-,18?,19?,20-,21?/m1/s1. The molecular weight excluding hydrogens is 284 g/mol. The predicted octanol–water partition coefficient (Wildman–Crippen LogP) is 4.21. The summed E-state index contributed by atoms with van der Waals surface area (Å²) in [6, 6.07) is 0. The molecule has 0 spiro atoms. The van der Waals surface area contributed by atoms with Gasteiger partial charge in [-0.15, -0.1) is 0 Å². The molecule has 0 aromatic rings. The van der Waals surface area contributed by atoms with Crippen molar-refractivity contribution in [2.75, 3.05) is 6.61 Å². The molecule has 124 valence electrons. The summed E-state index contributed by atoms with van der Waals surface area (Å²) < 4.78 is 0. The molecule has 3 saturated carbocycles. The zero-order valence-electron chi connectivity index (χ0n) is 14.3. The molecule has 0 heterocycles. The lowest BCUT2D eigenvalue weighted by Gasteiger charge is -2.56. The summed E-state index contributed by atoms with van der Waals surface area (Å²) in [5, 5.41) is 9.36. The molecule has 0 saturated heterocycles. The van der Waals surface area contributed by atoms with Crippen LogP contribution in [0.5, 0.6) is 0 Å². The summed E-state index contributed by atoms with van der Waals surface area (Å²) in [6.07, 6.45) is 15.2. The molecule has 2 heteroatoms. The summed E-state index contributed by atoms with van der Waals surface area (Å²) in [5.41, 5.74) is 3.28. The quantitative estimate of drug-likeness (QED) is 0.736. The number of hydrogen-bond donors (Lipinski definition) is 1. The van der Waals surface area contributed by atoms with Gasteiger partial charge in [0.05, 0.1) is 6.61 Å². The molecule has 4 aliphatic rings. The number of aliphatic hydroxyl groups excluding tert-OH is 1. The van der Waals surface area contributed by atoms with Gasteiger partial charge in [0, 0.05) is 5.41 Å². The van der Waals surface area contributed by atoms with E-state index in [-0.39, 0.29) is 17.8 Å². The molecule has 0 aromatic carbocycles. The van der Waals surface area contributed by atoms with Gasteiger partial charge in [-0.3, -0.25) is 4.79 Å². The fraction of sp³-hybridized carbons (Fsp3) is 0.667. The van der Waals surface area contributed by atoms with Crippen molar-refractivity contribution in [3.05, 3.63) is 35.5 Å². The topological polar surface area (TPSA) is 37.3 Å². The Bertz CT molecular complexity index is 626. The van der Waals surface area contributed by atoms with Crippen LogP contribution in [0.25, 0.3) is 0 Å². The highest BCUT2D eigenvalue weighted by atomic mass is 16.2. The van der Waals surface area contributed by atoms with Crippen molar-refractivity contribution in [3.8, 4) is 0 Å². The first-order valence-electron chi connectivity index (χ1n) is 9.23. The van der Waals surface area contributed by atoms with E-state index >= 15 is 0 Å².